The maximum absolute atomic E-state index is 5.28. The van der Waals surface area contributed by atoms with Crippen molar-refractivity contribution >= 4 is 49.2 Å². The molecule has 8 aromatic carbocycles. The number of fused-ring (bicyclic) bond motifs is 4. The van der Waals surface area contributed by atoms with Gasteiger partial charge in [-0.3, -0.25) is 0 Å². The van der Waals surface area contributed by atoms with Crippen molar-refractivity contribution in [3.63, 3.8) is 0 Å². The normalized spacial score (nSPS) is 11.7. The Morgan fingerprint density at radius 3 is 1.55 bits per heavy atom. The van der Waals surface area contributed by atoms with Gasteiger partial charge in [-0.15, -0.1) is 0 Å². The highest BCUT2D eigenvalue weighted by molar-refractivity contribution is 6.22. The Bertz CT molecular complexity index is 2380. The van der Waals surface area contributed by atoms with E-state index < -0.39 is 0 Å². The number of hydrogen-bond acceptors (Lipinski definition) is 1. The van der Waals surface area contributed by atoms with Crippen LogP contribution in [0.15, 0.2) is 158 Å². The van der Waals surface area contributed by atoms with Crippen molar-refractivity contribution < 1.29 is 4.74 Å². The Morgan fingerprint density at radius 2 is 0.909 bits per heavy atom. The lowest BCUT2D eigenvalue weighted by Crippen LogP contribution is -1.92. The molecule has 0 radical (unpaired) electrons. The number of hydrogen-bond donors (Lipinski definition) is 0. The van der Waals surface area contributed by atoms with Gasteiger partial charge in [0.15, 0.2) is 0 Å². The number of ether oxygens (including phenoxy) is 1. The lowest BCUT2D eigenvalue weighted by molar-refractivity contribution is 0.341. The van der Waals surface area contributed by atoms with Crippen LogP contribution in [-0.4, -0.2) is 7.11 Å². The molecule has 0 atom stereocenters. The largest absolute Gasteiger partial charge is 0.504 e. The van der Waals surface area contributed by atoms with E-state index in [-0.39, 0.29) is 0 Å². The standard InChI is InChI=1S/C43H30O/c1-44-25-24-31-12-6-7-15-37(31)34-22-23-40-41(28-34)43(36-21-19-30-11-3-5-14-33(30)27-36)39-17-9-8-16-38(39)42(40)35-20-18-29-10-2-4-13-32(29)26-35/h2-28H,1H3/b25-24-. The maximum atomic E-state index is 5.28. The molecule has 0 saturated heterocycles. The molecule has 0 N–H and O–H groups in total. The van der Waals surface area contributed by atoms with Gasteiger partial charge in [-0.05, 0) is 106 Å². The summed E-state index contributed by atoms with van der Waals surface area (Å²) in [6, 6.07) is 55.3. The predicted molar refractivity (Wildman–Crippen MR) is 189 cm³/mol. The molecule has 0 saturated carbocycles. The third-order valence-electron chi connectivity index (χ3n) is 8.76. The van der Waals surface area contributed by atoms with Crippen molar-refractivity contribution in [1.29, 1.82) is 0 Å². The second kappa shape index (κ2) is 10.9. The third kappa shape index (κ3) is 4.42. The molecule has 1 heteroatoms. The van der Waals surface area contributed by atoms with E-state index in [2.05, 4.69) is 152 Å². The summed E-state index contributed by atoms with van der Waals surface area (Å²) in [5.74, 6) is 0. The molecular weight excluding hydrogens is 532 g/mol. The molecule has 8 aromatic rings. The van der Waals surface area contributed by atoms with E-state index in [1.54, 1.807) is 13.4 Å². The summed E-state index contributed by atoms with van der Waals surface area (Å²) in [7, 11) is 1.68. The Morgan fingerprint density at radius 1 is 0.409 bits per heavy atom. The summed E-state index contributed by atoms with van der Waals surface area (Å²) in [5, 5.41) is 9.99. The molecule has 0 aliphatic rings. The van der Waals surface area contributed by atoms with Gasteiger partial charge in [-0.25, -0.2) is 0 Å². The Balaban J connectivity index is 1.49. The van der Waals surface area contributed by atoms with Gasteiger partial charge in [0.25, 0.3) is 0 Å². The van der Waals surface area contributed by atoms with Gasteiger partial charge in [-0.1, -0.05) is 133 Å². The summed E-state index contributed by atoms with van der Waals surface area (Å²) in [5.41, 5.74) is 8.45. The highest BCUT2D eigenvalue weighted by Gasteiger charge is 2.18. The quantitative estimate of drug-likeness (QED) is 0.150. The molecule has 44 heavy (non-hydrogen) atoms. The molecule has 0 amide bonds. The summed E-state index contributed by atoms with van der Waals surface area (Å²) >= 11 is 0. The van der Waals surface area contributed by atoms with Gasteiger partial charge in [0, 0.05) is 0 Å². The van der Waals surface area contributed by atoms with Crippen molar-refractivity contribution in [2.45, 2.75) is 0 Å². The minimum Gasteiger partial charge on any atom is -0.504 e. The zero-order valence-electron chi connectivity index (χ0n) is 24.5. The first-order valence-corrected chi connectivity index (χ1v) is 15.0. The second-order valence-corrected chi connectivity index (χ2v) is 11.3. The SMILES string of the molecule is CO/C=C\c1ccccc1-c1ccc2c(-c3ccc4ccccc4c3)c3ccccc3c(-c3ccc4ccccc4c3)c2c1. The molecule has 0 bridgehead atoms. The van der Waals surface area contributed by atoms with Crippen LogP contribution in [0.1, 0.15) is 5.56 Å². The number of benzene rings is 8. The van der Waals surface area contributed by atoms with E-state index in [1.165, 1.54) is 76.5 Å². The first kappa shape index (κ1) is 26.0. The van der Waals surface area contributed by atoms with E-state index in [0.717, 1.165) is 5.56 Å². The topological polar surface area (TPSA) is 9.23 Å². The zero-order chi connectivity index (χ0) is 29.5. The number of methoxy groups -OCH3 is 1. The summed E-state index contributed by atoms with van der Waals surface area (Å²) in [4.78, 5) is 0. The van der Waals surface area contributed by atoms with Gasteiger partial charge in [0.1, 0.15) is 0 Å². The fourth-order valence-electron chi connectivity index (χ4n) is 6.70. The van der Waals surface area contributed by atoms with Gasteiger partial charge < -0.3 is 4.74 Å². The third-order valence-corrected chi connectivity index (χ3v) is 8.76. The van der Waals surface area contributed by atoms with Gasteiger partial charge in [-0.2, -0.15) is 0 Å². The molecule has 0 fully saturated rings. The van der Waals surface area contributed by atoms with Crippen molar-refractivity contribution in [1.82, 2.24) is 0 Å². The fourth-order valence-corrected chi connectivity index (χ4v) is 6.70. The summed E-state index contributed by atoms with van der Waals surface area (Å²) in [6.45, 7) is 0. The van der Waals surface area contributed by atoms with Crippen LogP contribution >= 0.6 is 0 Å². The lowest BCUT2D eigenvalue weighted by Gasteiger charge is -2.19. The van der Waals surface area contributed by atoms with Crippen LogP contribution in [0.5, 0.6) is 0 Å². The fraction of sp³-hybridized carbons (Fsp3) is 0.0233. The van der Waals surface area contributed by atoms with E-state index in [9.17, 15) is 0 Å². The average molecular weight is 563 g/mol. The van der Waals surface area contributed by atoms with E-state index in [4.69, 9.17) is 4.74 Å². The lowest BCUT2D eigenvalue weighted by atomic mass is 9.84. The van der Waals surface area contributed by atoms with Crippen molar-refractivity contribution in [3.8, 4) is 33.4 Å². The van der Waals surface area contributed by atoms with Gasteiger partial charge >= 0.3 is 0 Å². The van der Waals surface area contributed by atoms with Crippen molar-refractivity contribution in [2.24, 2.45) is 0 Å². The van der Waals surface area contributed by atoms with Crippen LogP contribution in [0.4, 0.5) is 0 Å². The van der Waals surface area contributed by atoms with Crippen LogP contribution < -0.4 is 0 Å². The maximum Gasteiger partial charge on any atom is 0.0830 e. The highest BCUT2D eigenvalue weighted by Crippen LogP contribution is 2.46. The second-order valence-electron chi connectivity index (χ2n) is 11.3. The minimum atomic E-state index is 1.12. The summed E-state index contributed by atoms with van der Waals surface area (Å²) < 4.78 is 5.28. The molecule has 208 valence electrons. The van der Waals surface area contributed by atoms with Crippen molar-refractivity contribution in [3.05, 3.63) is 163 Å². The monoisotopic (exact) mass is 562 g/mol. The Hall–Kier alpha value is -5.66. The predicted octanol–water partition coefficient (Wildman–Crippen LogP) is 11.9. The molecule has 0 aliphatic carbocycles. The van der Waals surface area contributed by atoms with Crippen LogP contribution in [-0.2, 0) is 4.74 Å². The number of rotatable bonds is 5. The molecule has 0 aromatic heterocycles. The van der Waals surface area contributed by atoms with E-state index in [0.29, 0.717) is 0 Å². The van der Waals surface area contributed by atoms with E-state index >= 15 is 0 Å². The molecule has 0 aliphatic heterocycles. The van der Waals surface area contributed by atoms with E-state index in [1.807, 2.05) is 6.08 Å². The molecule has 8 rings (SSSR count). The highest BCUT2D eigenvalue weighted by atomic mass is 16.5. The molecule has 0 spiro atoms. The van der Waals surface area contributed by atoms with Gasteiger partial charge in [0.05, 0.1) is 13.4 Å². The Labute approximate surface area is 257 Å². The van der Waals surface area contributed by atoms with Crippen molar-refractivity contribution in [2.75, 3.05) is 7.11 Å². The first-order chi connectivity index (χ1) is 21.8. The van der Waals surface area contributed by atoms with Gasteiger partial charge in [0.2, 0.25) is 0 Å². The minimum absolute atomic E-state index is 1.12. The molecule has 1 nitrogen and oxygen atoms in total. The van der Waals surface area contributed by atoms with Crippen LogP contribution in [0.2, 0.25) is 0 Å². The summed E-state index contributed by atoms with van der Waals surface area (Å²) in [6.07, 6.45) is 3.77. The van der Waals surface area contributed by atoms with Crippen LogP contribution in [0, 0.1) is 0 Å². The smallest absolute Gasteiger partial charge is 0.0830 e. The average Bonchev–Trinajstić information content (AvgIpc) is 3.09. The molecule has 0 heterocycles. The molecule has 0 unspecified atom stereocenters. The molecular formula is C43H30O. The van der Waals surface area contributed by atoms with Crippen LogP contribution in [0.25, 0.3) is 82.5 Å². The van der Waals surface area contributed by atoms with Crippen LogP contribution in [0.3, 0.4) is 0 Å². The first-order valence-electron chi connectivity index (χ1n) is 15.0. The zero-order valence-corrected chi connectivity index (χ0v) is 24.5. The Kier molecular flexibility index (Phi) is 6.43.